The molecule has 1 nitrogen and oxygen atoms in total. The Morgan fingerprint density at radius 3 is 1.00 bits per heavy atom. The van der Waals surface area contributed by atoms with E-state index in [0.717, 1.165) is 0 Å². The lowest BCUT2D eigenvalue weighted by molar-refractivity contribution is 1.20. The van der Waals surface area contributed by atoms with Gasteiger partial charge in [-0.3, -0.25) is 0 Å². The number of benzene rings is 8. The number of hydrogen-bond acceptors (Lipinski definition) is 0. The molecule has 60 heavy (non-hydrogen) atoms. The molecule has 1 aromatic heterocycles. The van der Waals surface area contributed by atoms with E-state index < -0.39 is 0 Å². The molecule has 0 atom stereocenters. The molecule has 0 unspecified atom stereocenters. The molecule has 0 N–H and O–H groups in total. The number of aromatic nitrogens is 1. The van der Waals surface area contributed by atoms with Gasteiger partial charge in [0, 0.05) is 27.5 Å². The highest BCUT2D eigenvalue weighted by Crippen LogP contribution is 2.41. The van der Waals surface area contributed by atoms with E-state index in [2.05, 4.69) is 200 Å². The van der Waals surface area contributed by atoms with Crippen molar-refractivity contribution >= 4 is 68.0 Å². The van der Waals surface area contributed by atoms with Gasteiger partial charge in [0.15, 0.2) is 0 Å². The van der Waals surface area contributed by atoms with Crippen molar-refractivity contribution in [2.75, 3.05) is 0 Å². The van der Waals surface area contributed by atoms with Crippen LogP contribution in [0.3, 0.4) is 0 Å². The van der Waals surface area contributed by atoms with E-state index in [1.807, 2.05) is 0 Å². The zero-order valence-electron chi connectivity index (χ0n) is 36.3. The number of fused-ring (bicyclic) bond motifs is 1. The van der Waals surface area contributed by atoms with Gasteiger partial charge in [-0.15, -0.1) is 0 Å². The Bertz CT molecular complexity index is 3080. The largest absolute Gasteiger partial charge is 0.311 e. The minimum atomic E-state index is 0.0323. The smallest absolute Gasteiger partial charge is 0.247 e. The number of hydrogen-bond donors (Lipinski definition) is 0. The van der Waals surface area contributed by atoms with Crippen LogP contribution in [0.25, 0.3) is 60.9 Å². The fourth-order valence-electron chi connectivity index (χ4n) is 11.8. The van der Waals surface area contributed by atoms with Gasteiger partial charge in [0.25, 0.3) is 0 Å². The molecule has 3 heteroatoms. The molecule has 0 spiro atoms. The van der Waals surface area contributed by atoms with Crippen LogP contribution in [-0.4, -0.2) is 18.0 Å². The molecule has 9 aromatic rings. The van der Waals surface area contributed by atoms with Crippen LogP contribution in [0, 0.1) is 62.3 Å². The zero-order chi connectivity index (χ0) is 41.3. The third-order valence-corrected chi connectivity index (χ3v) is 14.1. The monoisotopic (exact) mass is 769 g/mol. The van der Waals surface area contributed by atoms with E-state index in [-0.39, 0.29) is 13.4 Å². The van der Waals surface area contributed by atoms with Crippen LogP contribution in [0.4, 0.5) is 0 Å². The van der Waals surface area contributed by atoms with Crippen LogP contribution in [-0.2, 0) is 0 Å². The molecular formula is C57H49B2N. The minimum absolute atomic E-state index is 0.0323. The lowest BCUT2D eigenvalue weighted by Crippen LogP contribution is -2.64. The molecule has 0 saturated heterocycles. The summed E-state index contributed by atoms with van der Waals surface area (Å²) in [5, 5.41) is 2.67. The van der Waals surface area contributed by atoms with Crippen molar-refractivity contribution in [3.05, 3.63) is 184 Å². The van der Waals surface area contributed by atoms with Crippen molar-refractivity contribution in [1.82, 2.24) is 4.57 Å². The average molecular weight is 770 g/mol. The zero-order valence-corrected chi connectivity index (χ0v) is 36.3. The first-order valence-electron chi connectivity index (χ1n) is 21.7. The Labute approximate surface area is 355 Å². The first-order valence-corrected chi connectivity index (χ1v) is 21.7. The molecule has 0 fully saturated rings. The maximum atomic E-state index is 2.72. The van der Waals surface area contributed by atoms with Gasteiger partial charge < -0.3 is 4.57 Å². The quantitative estimate of drug-likeness (QED) is 0.154. The normalized spacial score (nSPS) is 12.7. The molecule has 2 aliphatic heterocycles. The standard InChI is InChI=1S/C57H49B2N/c1-32-22-37(6)53(38(7)23-32)58-49-28-41(44-19-13-10-16-34(44)3)26-47-48-27-42(45-20-14-11-17-35(45)4)29-50-56(48)60(55(47)49)57-51(58)30-43(46-21-15-12-18-36(46)5)31-52(57)59(50)54-39(8)24-33(2)25-40(54)9/h10-31H,1-9H3. The van der Waals surface area contributed by atoms with Gasteiger partial charge in [0.05, 0.1) is 0 Å². The SMILES string of the molecule is Cc1cc(C)c(B2c3cc(-c4ccccc4C)cc4c3-n3c5c2cc(-c2ccccc2C)cc5c2cc(-c5ccccc5C)cc(c23)B4c2c(C)cc(C)cc2C)c(C)c1. The molecule has 0 saturated carbocycles. The topological polar surface area (TPSA) is 4.93 Å². The summed E-state index contributed by atoms with van der Waals surface area (Å²) in [5.41, 5.74) is 32.2. The number of nitrogens with zero attached hydrogens (tertiary/aromatic N) is 1. The summed E-state index contributed by atoms with van der Waals surface area (Å²) in [6.45, 7) is 20.7. The van der Waals surface area contributed by atoms with Crippen LogP contribution in [0.5, 0.6) is 0 Å². The summed E-state index contributed by atoms with van der Waals surface area (Å²) in [6, 6.07) is 51.8. The van der Waals surface area contributed by atoms with E-state index in [0.29, 0.717) is 0 Å². The summed E-state index contributed by atoms with van der Waals surface area (Å²) < 4.78 is 2.72. The van der Waals surface area contributed by atoms with E-state index in [4.69, 9.17) is 0 Å². The maximum absolute atomic E-state index is 2.72. The fraction of sp³-hybridized carbons (Fsp3) is 0.158. The van der Waals surface area contributed by atoms with Crippen LogP contribution < -0.4 is 32.8 Å². The van der Waals surface area contributed by atoms with E-state index in [9.17, 15) is 0 Å². The van der Waals surface area contributed by atoms with Crippen molar-refractivity contribution in [2.24, 2.45) is 0 Å². The van der Waals surface area contributed by atoms with Crippen LogP contribution in [0.2, 0.25) is 0 Å². The van der Waals surface area contributed by atoms with Gasteiger partial charge in [0.2, 0.25) is 13.4 Å². The lowest BCUT2D eigenvalue weighted by Gasteiger charge is -2.37. The second-order valence-corrected chi connectivity index (χ2v) is 18.2. The summed E-state index contributed by atoms with van der Waals surface area (Å²) in [4.78, 5) is 0. The molecule has 11 rings (SSSR count). The summed E-state index contributed by atoms with van der Waals surface area (Å²) in [6.07, 6.45) is 0. The van der Waals surface area contributed by atoms with E-state index in [1.165, 1.54) is 144 Å². The lowest BCUT2D eigenvalue weighted by atomic mass is 9.30. The summed E-state index contributed by atoms with van der Waals surface area (Å²) in [5.74, 6) is 0. The third-order valence-electron chi connectivity index (χ3n) is 14.1. The minimum Gasteiger partial charge on any atom is -0.311 e. The van der Waals surface area contributed by atoms with Crippen molar-refractivity contribution in [2.45, 2.75) is 62.3 Å². The third kappa shape index (κ3) is 5.27. The predicted molar refractivity (Wildman–Crippen MR) is 262 cm³/mol. The Morgan fingerprint density at radius 1 is 0.333 bits per heavy atom. The molecule has 0 bridgehead atoms. The Kier molecular flexibility index (Phi) is 8.18. The Morgan fingerprint density at radius 2 is 0.650 bits per heavy atom. The molecule has 3 heterocycles. The maximum Gasteiger partial charge on any atom is 0.247 e. The van der Waals surface area contributed by atoms with Crippen molar-refractivity contribution in [3.63, 3.8) is 0 Å². The van der Waals surface area contributed by atoms with Gasteiger partial charge in [-0.2, -0.15) is 0 Å². The molecule has 288 valence electrons. The summed E-state index contributed by atoms with van der Waals surface area (Å²) in [7, 11) is 0. The molecule has 0 radical (unpaired) electrons. The Hall–Kier alpha value is -6.31. The fourth-order valence-corrected chi connectivity index (χ4v) is 11.8. The Balaban J connectivity index is 1.41. The molecule has 8 aromatic carbocycles. The van der Waals surface area contributed by atoms with E-state index in [1.54, 1.807) is 0 Å². The second kappa shape index (κ2) is 13.4. The molecule has 0 aliphatic carbocycles. The number of rotatable bonds is 5. The molecule has 2 aliphatic rings. The highest BCUT2D eigenvalue weighted by Gasteiger charge is 2.44. The number of aryl methyl sites for hydroxylation is 9. The van der Waals surface area contributed by atoms with Crippen molar-refractivity contribution in [3.8, 4) is 39.1 Å². The summed E-state index contributed by atoms with van der Waals surface area (Å²) >= 11 is 0. The first-order chi connectivity index (χ1) is 29.0. The highest BCUT2D eigenvalue weighted by atomic mass is 15.0. The highest BCUT2D eigenvalue weighted by molar-refractivity contribution is 7.02. The van der Waals surface area contributed by atoms with Crippen LogP contribution in [0.1, 0.15) is 50.1 Å². The van der Waals surface area contributed by atoms with Gasteiger partial charge >= 0.3 is 0 Å². The molecular weight excluding hydrogens is 720 g/mol. The van der Waals surface area contributed by atoms with Crippen LogP contribution in [0.15, 0.2) is 133 Å². The van der Waals surface area contributed by atoms with Crippen molar-refractivity contribution < 1.29 is 0 Å². The molecule has 0 amide bonds. The predicted octanol–water partition coefficient (Wildman–Crippen LogP) is 10.2. The van der Waals surface area contributed by atoms with Crippen LogP contribution >= 0.6 is 0 Å². The van der Waals surface area contributed by atoms with Gasteiger partial charge in [0.1, 0.15) is 0 Å². The van der Waals surface area contributed by atoms with Crippen molar-refractivity contribution in [1.29, 1.82) is 0 Å². The van der Waals surface area contributed by atoms with Gasteiger partial charge in [-0.05, 0) is 146 Å². The van der Waals surface area contributed by atoms with E-state index >= 15 is 0 Å². The first kappa shape index (κ1) is 36.7. The van der Waals surface area contributed by atoms with Gasteiger partial charge in [-0.25, -0.2) is 0 Å². The van der Waals surface area contributed by atoms with Gasteiger partial charge in [-0.1, -0.05) is 166 Å². The average Bonchev–Trinajstić information content (AvgIpc) is 3.54. The second-order valence-electron chi connectivity index (χ2n) is 18.2.